The normalized spacial score (nSPS) is 11.6. The van der Waals surface area contributed by atoms with E-state index in [9.17, 15) is 14.9 Å². The number of aromatic nitrogens is 2. The van der Waals surface area contributed by atoms with E-state index in [1.807, 2.05) is 57.2 Å². The third kappa shape index (κ3) is 5.03. The van der Waals surface area contributed by atoms with Crippen molar-refractivity contribution in [3.63, 3.8) is 0 Å². The Bertz CT molecular complexity index is 1160. The number of amides is 1. The van der Waals surface area contributed by atoms with Crippen LogP contribution in [0.4, 0.5) is 0 Å². The number of nitrogens with one attached hydrogen (secondary N) is 1. The van der Waals surface area contributed by atoms with Crippen molar-refractivity contribution >= 4 is 11.9 Å². The van der Waals surface area contributed by atoms with Gasteiger partial charge in [-0.3, -0.25) is 4.79 Å². The molecular formula is C25H26N4O3. The fourth-order valence-electron chi connectivity index (χ4n) is 3.37. The predicted molar refractivity (Wildman–Crippen MR) is 120 cm³/mol. The van der Waals surface area contributed by atoms with E-state index in [0.29, 0.717) is 22.5 Å². The minimum atomic E-state index is -0.831. The van der Waals surface area contributed by atoms with Crippen LogP contribution in [0, 0.1) is 31.1 Å². The lowest BCUT2D eigenvalue weighted by Gasteiger charge is -2.21. The first-order valence-corrected chi connectivity index (χ1v) is 10.4. The van der Waals surface area contributed by atoms with Crippen LogP contribution < -0.4 is 5.32 Å². The second-order valence-corrected chi connectivity index (χ2v) is 7.94. The van der Waals surface area contributed by atoms with Gasteiger partial charge < -0.3 is 10.1 Å². The largest absolute Gasteiger partial charge is 0.458 e. The van der Waals surface area contributed by atoms with Gasteiger partial charge in [-0.05, 0) is 44.0 Å². The lowest BCUT2D eigenvalue weighted by molar-refractivity contribution is -0.148. The van der Waals surface area contributed by atoms with E-state index < -0.39 is 12.0 Å². The summed E-state index contributed by atoms with van der Waals surface area (Å²) in [6, 6.07) is 17.8. The molecule has 0 radical (unpaired) electrons. The van der Waals surface area contributed by atoms with Crippen molar-refractivity contribution in [3.05, 3.63) is 82.7 Å². The number of hydrogen-bond donors (Lipinski definition) is 1. The highest BCUT2D eigenvalue weighted by Gasteiger charge is 2.27. The number of carbonyl (C=O) groups is 2. The molecule has 0 unspecified atom stereocenters. The van der Waals surface area contributed by atoms with Gasteiger partial charge >= 0.3 is 5.97 Å². The number of carbonyl (C=O) groups excluding carboxylic acids is 2. The molecule has 7 heteroatoms. The summed E-state index contributed by atoms with van der Waals surface area (Å²) in [6.07, 6.45) is 0. The molecule has 0 saturated carbocycles. The first-order valence-electron chi connectivity index (χ1n) is 10.4. The second-order valence-electron chi connectivity index (χ2n) is 7.94. The highest BCUT2D eigenvalue weighted by Crippen LogP contribution is 2.19. The zero-order chi connectivity index (χ0) is 23.3. The predicted octanol–water partition coefficient (Wildman–Crippen LogP) is 3.86. The molecule has 7 nitrogen and oxygen atoms in total. The third-order valence-electron chi connectivity index (χ3n) is 5.11. The number of benzene rings is 2. The van der Waals surface area contributed by atoms with Crippen LogP contribution in [-0.2, 0) is 16.1 Å². The molecule has 1 amide bonds. The van der Waals surface area contributed by atoms with E-state index in [2.05, 4.69) is 16.5 Å². The summed E-state index contributed by atoms with van der Waals surface area (Å²) < 4.78 is 7.17. The standard InChI is InChI=1S/C25H26N4O3/c1-16(2)23(27-24(30)19-10-8-9-17(3)13-19)25(31)32-15-22-21(14-26)18(4)28-29(22)20-11-6-5-7-12-20/h5-13,16,23H,15H2,1-4H3,(H,27,30)/t23-/m0/s1. The van der Waals surface area contributed by atoms with E-state index in [1.165, 1.54) is 0 Å². The van der Waals surface area contributed by atoms with Crippen molar-refractivity contribution in [1.82, 2.24) is 15.1 Å². The smallest absolute Gasteiger partial charge is 0.329 e. The maximum Gasteiger partial charge on any atom is 0.329 e. The molecule has 0 spiro atoms. The summed E-state index contributed by atoms with van der Waals surface area (Å²) in [7, 11) is 0. The van der Waals surface area contributed by atoms with Gasteiger partial charge in [0.2, 0.25) is 0 Å². The van der Waals surface area contributed by atoms with Crippen LogP contribution in [0.2, 0.25) is 0 Å². The number of ether oxygens (including phenoxy) is 1. The summed E-state index contributed by atoms with van der Waals surface area (Å²) in [5, 5.41) is 16.8. The number of hydrogen-bond acceptors (Lipinski definition) is 5. The maximum absolute atomic E-state index is 12.9. The second kappa shape index (κ2) is 9.92. The van der Waals surface area contributed by atoms with Crippen LogP contribution in [0.3, 0.4) is 0 Å². The van der Waals surface area contributed by atoms with E-state index in [0.717, 1.165) is 11.3 Å². The first kappa shape index (κ1) is 22.8. The molecule has 1 aromatic heterocycles. The van der Waals surface area contributed by atoms with Crippen LogP contribution in [0.25, 0.3) is 5.69 Å². The molecule has 0 aliphatic rings. The van der Waals surface area contributed by atoms with Crippen molar-refractivity contribution in [2.75, 3.05) is 0 Å². The maximum atomic E-state index is 12.9. The van der Waals surface area contributed by atoms with Crippen LogP contribution in [0.5, 0.6) is 0 Å². The molecule has 2 aromatic carbocycles. The van der Waals surface area contributed by atoms with Crippen molar-refractivity contribution in [2.45, 2.75) is 40.3 Å². The summed E-state index contributed by atoms with van der Waals surface area (Å²) in [4.78, 5) is 25.6. The Hall–Kier alpha value is -3.92. The molecule has 3 rings (SSSR count). The van der Waals surface area contributed by atoms with Crippen LogP contribution in [-0.4, -0.2) is 27.7 Å². The van der Waals surface area contributed by atoms with Crippen molar-refractivity contribution in [1.29, 1.82) is 5.26 Å². The highest BCUT2D eigenvalue weighted by atomic mass is 16.5. The van der Waals surface area contributed by atoms with E-state index in [1.54, 1.807) is 29.8 Å². The molecular weight excluding hydrogens is 404 g/mol. The molecule has 0 aliphatic heterocycles. The fourth-order valence-corrected chi connectivity index (χ4v) is 3.37. The van der Waals surface area contributed by atoms with Crippen molar-refractivity contribution < 1.29 is 14.3 Å². The molecule has 0 fully saturated rings. The van der Waals surface area contributed by atoms with Gasteiger partial charge in [0.1, 0.15) is 24.3 Å². The topological polar surface area (TPSA) is 97.0 Å². The lowest BCUT2D eigenvalue weighted by atomic mass is 10.0. The van der Waals surface area contributed by atoms with Crippen LogP contribution in [0.1, 0.15) is 46.7 Å². The van der Waals surface area contributed by atoms with Gasteiger partial charge in [-0.15, -0.1) is 0 Å². The van der Waals surface area contributed by atoms with Gasteiger partial charge in [0.05, 0.1) is 17.1 Å². The number of nitriles is 1. The Morgan fingerprint density at radius 2 is 1.84 bits per heavy atom. The number of para-hydroxylation sites is 1. The molecule has 32 heavy (non-hydrogen) atoms. The molecule has 164 valence electrons. The number of esters is 1. The van der Waals surface area contributed by atoms with E-state index in [-0.39, 0.29) is 18.4 Å². The quantitative estimate of drug-likeness (QED) is 0.574. The Morgan fingerprint density at radius 3 is 2.47 bits per heavy atom. The molecule has 0 saturated heterocycles. The molecule has 0 aliphatic carbocycles. The zero-order valence-electron chi connectivity index (χ0n) is 18.6. The molecule has 1 N–H and O–H groups in total. The Morgan fingerprint density at radius 1 is 1.12 bits per heavy atom. The Balaban J connectivity index is 1.79. The average Bonchev–Trinajstić information content (AvgIpc) is 3.11. The van der Waals surface area contributed by atoms with E-state index >= 15 is 0 Å². The first-order chi connectivity index (χ1) is 15.3. The summed E-state index contributed by atoms with van der Waals surface area (Å²) in [5.74, 6) is -1.09. The molecule has 1 atom stereocenters. The summed E-state index contributed by atoms with van der Waals surface area (Å²) >= 11 is 0. The van der Waals surface area contributed by atoms with Gasteiger partial charge in [0.15, 0.2) is 0 Å². The van der Waals surface area contributed by atoms with Crippen LogP contribution >= 0.6 is 0 Å². The fraction of sp³-hybridized carbons (Fsp3) is 0.280. The Kier molecular flexibility index (Phi) is 7.06. The lowest BCUT2D eigenvalue weighted by Crippen LogP contribution is -2.45. The molecule has 1 heterocycles. The monoisotopic (exact) mass is 430 g/mol. The third-order valence-corrected chi connectivity index (χ3v) is 5.11. The molecule has 0 bridgehead atoms. The Labute approximate surface area is 187 Å². The summed E-state index contributed by atoms with van der Waals surface area (Å²) in [6.45, 7) is 7.17. The van der Waals surface area contributed by atoms with Gasteiger partial charge in [-0.25, -0.2) is 9.48 Å². The summed E-state index contributed by atoms with van der Waals surface area (Å²) in [5.41, 5.74) is 3.60. The zero-order valence-corrected chi connectivity index (χ0v) is 18.6. The number of rotatable bonds is 7. The number of nitrogens with zero attached hydrogens (tertiary/aromatic N) is 3. The number of aryl methyl sites for hydroxylation is 2. The average molecular weight is 431 g/mol. The van der Waals surface area contributed by atoms with Crippen molar-refractivity contribution in [2.24, 2.45) is 5.92 Å². The SMILES string of the molecule is Cc1cccc(C(=O)N[C@H](C(=O)OCc2c(C#N)c(C)nn2-c2ccccc2)C(C)C)c1. The highest BCUT2D eigenvalue weighted by molar-refractivity contribution is 5.97. The van der Waals surface area contributed by atoms with Gasteiger partial charge in [-0.1, -0.05) is 49.7 Å². The van der Waals surface area contributed by atoms with Gasteiger partial charge in [0, 0.05) is 5.56 Å². The van der Waals surface area contributed by atoms with Crippen molar-refractivity contribution in [3.8, 4) is 11.8 Å². The van der Waals surface area contributed by atoms with Gasteiger partial charge in [0.25, 0.3) is 5.91 Å². The minimum absolute atomic E-state index is 0.138. The van der Waals surface area contributed by atoms with E-state index in [4.69, 9.17) is 4.74 Å². The van der Waals surface area contributed by atoms with Gasteiger partial charge in [-0.2, -0.15) is 10.4 Å². The molecule has 3 aromatic rings. The van der Waals surface area contributed by atoms with Crippen LogP contribution in [0.15, 0.2) is 54.6 Å². The minimum Gasteiger partial charge on any atom is -0.458 e.